The molecule has 0 saturated heterocycles. The van der Waals surface area contributed by atoms with Gasteiger partial charge in [0.25, 0.3) is 0 Å². The van der Waals surface area contributed by atoms with E-state index in [0.717, 1.165) is 6.07 Å². The predicted molar refractivity (Wildman–Crippen MR) is 59.5 cm³/mol. The maximum absolute atomic E-state index is 12.2. The SMILES string of the molecule is CCOC(=O)c1cc(OC(F)(F)F)c(C)c(CN)n1. The van der Waals surface area contributed by atoms with Crippen LogP contribution in [-0.4, -0.2) is 23.9 Å². The third-order valence-electron chi connectivity index (χ3n) is 2.23. The molecule has 0 saturated carbocycles. The number of hydrogen-bond donors (Lipinski definition) is 1. The zero-order valence-electron chi connectivity index (χ0n) is 10.4. The molecule has 0 amide bonds. The fraction of sp³-hybridized carbons (Fsp3) is 0.455. The Morgan fingerprint density at radius 2 is 2.11 bits per heavy atom. The van der Waals surface area contributed by atoms with Crippen LogP contribution in [0.4, 0.5) is 13.2 Å². The molecule has 2 N–H and O–H groups in total. The molecule has 1 rings (SSSR count). The van der Waals surface area contributed by atoms with Crippen LogP contribution in [0, 0.1) is 6.92 Å². The molecular weight excluding hydrogens is 265 g/mol. The zero-order valence-corrected chi connectivity index (χ0v) is 10.4. The predicted octanol–water partition coefficient (Wildman–Crippen LogP) is 1.92. The van der Waals surface area contributed by atoms with E-state index in [-0.39, 0.29) is 30.1 Å². The lowest BCUT2D eigenvalue weighted by Crippen LogP contribution is -2.20. The van der Waals surface area contributed by atoms with Crippen molar-refractivity contribution in [1.82, 2.24) is 4.98 Å². The highest BCUT2D eigenvalue weighted by Crippen LogP contribution is 2.28. The summed E-state index contributed by atoms with van der Waals surface area (Å²) in [5.41, 5.74) is 5.38. The Morgan fingerprint density at radius 1 is 1.47 bits per heavy atom. The van der Waals surface area contributed by atoms with Gasteiger partial charge in [0.1, 0.15) is 5.75 Å². The van der Waals surface area contributed by atoms with Crippen LogP contribution in [0.1, 0.15) is 28.7 Å². The van der Waals surface area contributed by atoms with E-state index in [1.165, 1.54) is 6.92 Å². The van der Waals surface area contributed by atoms with E-state index in [4.69, 9.17) is 5.73 Å². The van der Waals surface area contributed by atoms with E-state index in [0.29, 0.717) is 0 Å². The van der Waals surface area contributed by atoms with Gasteiger partial charge in [-0.05, 0) is 13.8 Å². The number of carbonyl (C=O) groups is 1. The van der Waals surface area contributed by atoms with Crippen molar-refractivity contribution >= 4 is 5.97 Å². The molecule has 1 aromatic heterocycles. The number of alkyl halides is 3. The van der Waals surface area contributed by atoms with Crippen molar-refractivity contribution in [3.63, 3.8) is 0 Å². The first-order valence-electron chi connectivity index (χ1n) is 5.42. The van der Waals surface area contributed by atoms with E-state index in [2.05, 4.69) is 14.5 Å². The van der Waals surface area contributed by atoms with Gasteiger partial charge in [-0.2, -0.15) is 0 Å². The number of ether oxygens (including phenoxy) is 2. The normalized spacial score (nSPS) is 11.3. The van der Waals surface area contributed by atoms with Crippen molar-refractivity contribution in [2.45, 2.75) is 26.8 Å². The van der Waals surface area contributed by atoms with Gasteiger partial charge in [0, 0.05) is 18.2 Å². The van der Waals surface area contributed by atoms with Crippen LogP contribution in [0.25, 0.3) is 0 Å². The number of esters is 1. The monoisotopic (exact) mass is 278 g/mol. The number of hydrogen-bond acceptors (Lipinski definition) is 5. The molecule has 106 valence electrons. The van der Waals surface area contributed by atoms with Gasteiger partial charge in [-0.3, -0.25) is 0 Å². The molecule has 0 aliphatic rings. The summed E-state index contributed by atoms with van der Waals surface area (Å²) >= 11 is 0. The topological polar surface area (TPSA) is 74.4 Å². The summed E-state index contributed by atoms with van der Waals surface area (Å²) in [6.07, 6.45) is -4.86. The number of carbonyl (C=O) groups excluding carboxylic acids is 1. The summed E-state index contributed by atoms with van der Waals surface area (Å²) in [6.45, 7) is 2.92. The van der Waals surface area contributed by atoms with Crippen molar-refractivity contribution in [3.8, 4) is 5.75 Å². The average molecular weight is 278 g/mol. The highest BCUT2D eigenvalue weighted by atomic mass is 19.4. The van der Waals surface area contributed by atoms with E-state index in [9.17, 15) is 18.0 Å². The minimum Gasteiger partial charge on any atom is -0.461 e. The van der Waals surface area contributed by atoms with Gasteiger partial charge in [0.2, 0.25) is 0 Å². The van der Waals surface area contributed by atoms with Gasteiger partial charge in [-0.1, -0.05) is 0 Å². The van der Waals surface area contributed by atoms with Crippen LogP contribution in [-0.2, 0) is 11.3 Å². The van der Waals surface area contributed by atoms with Gasteiger partial charge in [0.15, 0.2) is 5.69 Å². The molecule has 0 radical (unpaired) electrons. The maximum Gasteiger partial charge on any atom is 0.573 e. The molecule has 1 aromatic rings. The van der Waals surface area contributed by atoms with E-state index in [1.807, 2.05) is 0 Å². The lowest BCUT2D eigenvalue weighted by Gasteiger charge is -2.14. The van der Waals surface area contributed by atoms with Gasteiger partial charge in [-0.15, -0.1) is 13.2 Å². The van der Waals surface area contributed by atoms with Crippen molar-refractivity contribution in [2.24, 2.45) is 5.73 Å². The molecule has 0 aliphatic carbocycles. The van der Waals surface area contributed by atoms with Crippen molar-refractivity contribution in [3.05, 3.63) is 23.0 Å². The van der Waals surface area contributed by atoms with Gasteiger partial charge >= 0.3 is 12.3 Å². The van der Waals surface area contributed by atoms with Crippen LogP contribution in [0.15, 0.2) is 6.07 Å². The van der Waals surface area contributed by atoms with Crippen LogP contribution in [0.2, 0.25) is 0 Å². The second kappa shape index (κ2) is 5.87. The Hall–Kier alpha value is -1.83. The molecular formula is C11H13F3N2O3. The van der Waals surface area contributed by atoms with Crippen molar-refractivity contribution in [1.29, 1.82) is 0 Å². The number of nitrogens with two attached hydrogens (primary N) is 1. The van der Waals surface area contributed by atoms with Crippen LogP contribution >= 0.6 is 0 Å². The standard InChI is InChI=1S/C11H13F3N2O3/c1-3-18-10(17)7-4-9(19-11(12,13)14)6(2)8(5-15)16-7/h4H,3,5,15H2,1-2H3. The molecule has 0 unspecified atom stereocenters. The van der Waals surface area contributed by atoms with Crippen LogP contribution in [0.5, 0.6) is 5.75 Å². The average Bonchev–Trinajstić information content (AvgIpc) is 2.30. The fourth-order valence-corrected chi connectivity index (χ4v) is 1.38. The number of nitrogens with zero attached hydrogens (tertiary/aromatic N) is 1. The molecule has 0 atom stereocenters. The first-order chi connectivity index (χ1) is 8.78. The Bertz CT molecular complexity index is 475. The lowest BCUT2D eigenvalue weighted by molar-refractivity contribution is -0.274. The van der Waals surface area contributed by atoms with E-state index in [1.54, 1.807) is 6.92 Å². The molecule has 1 heterocycles. The number of halogens is 3. The van der Waals surface area contributed by atoms with Crippen molar-refractivity contribution < 1.29 is 27.4 Å². The number of aromatic nitrogens is 1. The Labute approximate surface area is 107 Å². The van der Waals surface area contributed by atoms with Gasteiger partial charge in [0.05, 0.1) is 12.3 Å². The number of pyridine rings is 1. The molecule has 0 fully saturated rings. The molecule has 8 heteroatoms. The molecule has 5 nitrogen and oxygen atoms in total. The highest BCUT2D eigenvalue weighted by Gasteiger charge is 2.32. The summed E-state index contributed by atoms with van der Waals surface area (Å²) in [6, 6.07) is 0.889. The third-order valence-corrected chi connectivity index (χ3v) is 2.23. The summed E-state index contributed by atoms with van der Waals surface area (Å²) in [5.74, 6) is -1.34. The summed E-state index contributed by atoms with van der Waals surface area (Å²) < 4.78 is 45.3. The minimum absolute atomic E-state index is 0.0851. The molecule has 19 heavy (non-hydrogen) atoms. The quantitative estimate of drug-likeness (QED) is 0.852. The Kier molecular flexibility index (Phi) is 4.71. The second-order valence-corrected chi connectivity index (χ2v) is 3.55. The Balaban J connectivity index is 3.22. The minimum atomic E-state index is -4.86. The van der Waals surface area contributed by atoms with Crippen molar-refractivity contribution in [2.75, 3.05) is 6.61 Å². The van der Waals surface area contributed by atoms with E-state index >= 15 is 0 Å². The Morgan fingerprint density at radius 3 is 2.58 bits per heavy atom. The summed E-state index contributed by atoms with van der Waals surface area (Å²) in [7, 11) is 0. The van der Waals surface area contributed by atoms with Crippen LogP contribution < -0.4 is 10.5 Å². The van der Waals surface area contributed by atoms with Crippen LogP contribution in [0.3, 0.4) is 0 Å². The molecule has 0 aliphatic heterocycles. The van der Waals surface area contributed by atoms with E-state index < -0.39 is 18.1 Å². The van der Waals surface area contributed by atoms with Gasteiger partial charge in [-0.25, -0.2) is 9.78 Å². The third kappa shape index (κ3) is 4.09. The zero-order chi connectivity index (χ0) is 14.6. The first kappa shape index (κ1) is 15.2. The fourth-order valence-electron chi connectivity index (χ4n) is 1.38. The maximum atomic E-state index is 12.2. The molecule has 0 bridgehead atoms. The molecule has 0 spiro atoms. The van der Waals surface area contributed by atoms with Gasteiger partial charge < -0.3 is 15.2 Å². The first-order valence-corrected chi connectivity index (χ1v) is 5.42. The number of rotatable bonds is 4. The summed E-state index contributed by atoms with van der Waals surface area (Å²) in [5, 5.41) is 0. The lowest BCUT2D eigenvalue weighted by atomic mass is 10.1. The molecule has 0 aromatic carbocycles. The highest BCUT2D eigenvalue weighted by molar-refractivity contribution is 5.87. The second-order valence-electron chi connectivity index (χ2n) is 3.55. The summed E-state index contributed by atoms with van der Waals surface area (Å²) in [4.78, 5) is 15.3. The smallest absolute Gasteiger partial charge is 0.461 e. The largest absolute Gasteiger partial charge is 0.573 e.